The van der Waals surface area contributed by atoms with Crippen LogP contribution in [0.1, 0.15) is 24.0 Å². The second kappa shape index (κ2) is 6.21. The normalized spacial score (nSPS) is 10.2. The van der Waals surface area contributed by atoms with Crippen LogP contribution < -0.4 is 0 Å². The summed E-state index contributed by atoms with van der Waals surface area (Å²) in [6.45, 7) is 2.66. The van der Waals surface area contributed by atoms with Gasteiger partial charge in [0.15, 0.2) is 0 Å². The molecular formula is C17H18N2O. The van der Waals surface area contributed by atoms with Crippen LogP contribution in [0.2, 0.25) is 0 Å². The van der Waals surface area contributed by atoms with Crippen molar-refractivity contribution < 1.29 is 4.79 Å². The van der Waals surface area contributed by atoms with Gasteiger partial charge in [-0.15, -0.1) is 0 Å². The Labute approximate surface area is 119 Å². The molecule has 20 heavy (non-hydrogen) atoms. The van der Waals surface area contributed by atoms with E-state index in [-0.39, 0.29) is 12.3 Å². The fourth-order valence-corrected chi connectivity index (χ4v) is 2.23. The van der Waals surface area contributed by atoms with Crippen molar-refractivity contribution in [2.75, 3.05) is 7.05 Å². The zero-order chi connectivity index (χ0) is 14.5. The third-order valence-corrected chi connectivity index (χ3v) is 3.36. The monoisotopic (exact) mass is 266 g/mol. The third-order valence-electron chi connectivity index (χ3n) is 3.36. The average Bonchev–Trinajstić information content (AvgIpc) is 2.44. The van der Waals surface area contributed by atoms with Gasteiger partial charge in [-0.05, 0) is 29.3 Å². The first kappa shape index (κ1) is 14.1. The summed E-state index contributed by atoms with van der Waals surface area (Å²) in [7, 11) is 1.78. The molecule has 2 aromatic carbocycles. The maximum Gasteiger partial charge on any atom is 0.223 e. The van der Waals surface area contributed by atoms with Gasteiger partial charge in [-0.2, -0.15) is 5.26 Å². The maximum absolute atomic E-state index is 11.8. The van der Waals surface area contributed by atoms with Gasteiger partial charge >= 0.3 is 0 Å². The highest BCUT2D eigenvalue weighted by Crippen LogP contribution is 2.18. The molecule has 0 atom stereocenters. The Hall–Kier alpha value is -2.34. The molecule has 0 N–H and O–H groups in total. The number of nitriles is 1. The summed E-state index contributed by atoms with van der Waals surface area (Å²) in [6.07, 6.45) is 0.569. The number of benzene rings is 2. The average molecular weight is 266 g/mol. The molecule has 102 valence electrons. The van der Waals surface area contributed by atoms with Crippen molar-refractivity contribution in [2.24, 2.45) is 0 Å². The molecule has 1 amide bonds. The fraction of sp³-hybridized carbons (Fsp3) is 0.294. The van der Waals surface area contributed by atoms with Gasteiger partial charge in [-0.1, -0.05) is 35.9 Å². The standard InChI is InChI=1S/C17H18N2O/c1-13-5-7-16-11-14(6-8-15(16)10-13)12-19(2)17(20)4-3-9-18/h5-8,10-11H,3-4,12H2,1-2H3. The first-order valence-corrected chi connectivity index (χ1v) is 6.70. The zero-order valence-electron chi connectivity index (χ0n) is 11.9. The topological polar surface area (TPSA) is 44.1 Å². The third kappa shape index (κ3) is 3.36. The van der Waals surface area contributed by atoms with Crippen molar-refractivity contribution >= 4 is 16.7 Å². The van der Waals surface area contributed by atoms with E-state index in [1.807, 2.05) is 6.07 Å². The second-order valence-corrected chi connectivity index (χ2v) is 5.09. The Bertz CT molecular complexity index is 670. The summed E-state index contributed by atoms with van der Waals surface area (Å²) in [5, 5.41) is 10.9. The molecular weight excluding hydrogens is 248 g/mol. The lowest BCUT2D eigenvalue weighted by molar-refractivity contribution is -0.130. The van der Waals surface area contributed by atoms with Crippen molar-refractivity contribution in [3.63, 3.8) is 0 Å². The summed E-state index contributed by atoms with van der Waals surface area (Å²) in [5.74, 6) is 0.00977. The van der Waals surface area contributed by atoms with Crippen LogP contribution in [0.4, 0.5) is 0 Å². The number of hydrogen-bond acceptors (Lipinski definition) is 2. The fourth-order valence-electron chi connectivity index (χ4n) is 2.23. The molecule has 2 aromatic rings. The van der Waals surface area contributed by atoms with E-state index in [2.05, 4.69) is 43.3 Å². The minimum Gasteiger partial charge on any atom is -0.341 e. The first-order chi connectivity index (χ1) is 9.60. The molecule has 0 aliphatic heterocycles. The van der Waals surface area contributed by atoms with Gasteiger partial charge in [0, 0.05) is 26.4 Å². The Morgan fingerprint density at radius 1 is 1.20 bits per heavy atom. The maximum atomic E-state index is 11.8. The second-order valence-electron chi connectivity index (χ2n) is 5.09. The highest BCUT2D eigenvalue weighted by Gasteiger charge is 2.09. The van der Waals surface area contributed by atoms with E-state index in [1.54, 1.807) is 11.9 Å². The van der Waals surface area contributed by atoms with Crippen LogP contribution in [0.15, 0.2) is 36.4 Å². The number of aryl methyl sites for hydroxylation is 1. The Balaban J connectivity index is 2.12. The lowest BCUT2D eigenvalue weighted by Crippen LogP contribution is -2.25. The lowest BCUT2D eigenvalue weighted by Gasteiger charge is -2.17. The molecule has 3 nitrogen and oxygen atoms in total. The largest absolute Gasteiger partial charge is 0.341 e. The van der Waals surface area contributed by atoms with Gasteiger partial charge in [0.05, 0.1) is 6.07 Å². The van der Waals surface area contributed by atoms with Gasteiger partial charge in [0.1, 0.15) is 0 Å². The predicted molar refractivity (Wildman–Crippen MR) is 80.0 cm³/mol. The smallest absolute Gasteiger partial charge is 0.223 e. The van der Waals surface area contributed by atoms with Crippen molar-refractivity contribution in [1.82, 2.24) is 4.90 Å². The van der Waals surface area contributed by atoms with E-state index in [9.17, 15) is 4.79 Å². The van der Waals surface area contributed by atoms with E-state index < -0.39 is 0 Å². The predicted octanol–water partition coefficient (Wildman–Crippen LogP) is 3.41. The van der Waals surface area contributed by atoms with Gasteiger partial charge in [0.2, 0.25) is 5.91 Å². The van der Waals surface area contributed by atoms with Crippen molar-refractivity contribution in [3.05, 3.63) is 47.5 Å². The Kier molecular flexibility index (Phi) is 4.37. The SMILES string of the molecule is Cc1ccc2cc(CN(C)C(=O)CCC#N)ccc2c1. The van der Waals surface area contributed by atoms with Gasteiger partial charge < -0.3 is 4.90 Å². The van der Waals surface area contributed by atoms with E-state index in [4.69, 9.17) is 5.26 Å². The van der Waals surface area contributed by atoms with E-state index >= 15 is 0 Å². The molecule has 0 bridgehead atoms. The number of carbonyl (C=O) groups excluding carboxylic acids is 1. The number of carbonyl (C=O) groups is 1. The molecule has 0 saturated heterocycles. The number of amides is 1. The molecule has 0 heterocycles. The summed E-state index contributed by atoms with van der Waals surface area (Å²) in [5.41, 5.74) is 2.35. The highest BCUT2D eigenvalue weighted by molar-refractivity contribution is 5.84. The first-order valence-electron chi connectivity index (χ1n) is 6.70. The number of hydrogen-bond donors (Lipinski definition) is 0. The summed E-state index contributed by atoms with van der Waals surface area (Å²) >= 11 is 0. The van der Waals surface area contributed by atoms with Crippen LogP contribution in [0.25, 0.3) is 10.8 Å². The van der Waals surface area contributed by atoms with Crippen molar-refractivity contribution in [2.45, 2.75) is 26.3 Å². The molecule has 0 spiro atoms. The molecule has 0 aromatic heterocycles. The van der Waals surface area contributed by atoms with Gasteiger partial charge in [0.25, 0.3) is 0 Å². The number of nitrogens with zero attached hydrogens (tertiary/aromatic N) is 2. The van der Waals surface area contributed by atoms with Gasteiger partial charge in [-0.3, -0.25) is 4.79 Å². The van der Waals surface area contributed by atoms with Crippen LogP contribution in [0.3, 0.4) is 0 Å². The summed E-state index contributed by atoms with van der Waals surface area (Å²) in [4.78, 5) is 13.5. The molecule has 0 unspecified atom stereocenters. The van der Waals surface area contributed by atoms with Crippen LogP contribution in [0, 0.1) is 18.3 Å². The minimum absolute atomic E-state index is 0.00977. The molecule has 3 heteroatoms. The molecule has 0 fully saturated rings. The number of fused-ring (bicyclic) bond motifs is 1. The highest BCUT2D eigenvalue weighted by atomic mass is 16.2. The molecule has 0 radical (unpaired) electrons. The van der Waals surface area contributed by atoms with Crippen LogP contribution in [0.5, 0.6) is 0 Å². The Morgan fingerprint density at radius 2 is 1.90 bits per heavy atom. The Morgan fingerprint density at radius 3 is 2.65 bits per heavy atom. The van der Waals surface area contributed by atoms with Crippen LogP contribution in [-0.4, -0.2) is 17.9 Å². The molecule has 0 aliphatic rings. The van der Waals surface area contributed by atoms with Crippen LogP contribution in [-0.2, 0) is 11.3 Å². The lowest BCUT2D eigenvalue weighted by atomic mass is 10.0. The van der Waals surface area contributed by atoms with E-state index in [0.717, 1.165) is 5.56 Å². The molecule has 2 rings (SSSR count). The van der Waals surface area contributed by atoms with Crippen molar-refractivity contribution in [1.29, 1.82) is 5.26 Å². The van der Waals surface area contributed by atoms with Crippen molar-refractivity contribution in [3.8, 4) is 6.07 Å². The van der Waals surface area contributed by atoms with Gasteiger partial charge in [-0.25, -0.2) is 0 Å². The summed E-state index contributed by atoms with van der Waals surface area (Å²) in [6, 6.07) is 14.6. The van der Waals surface area contributed by atoms with E-state index in [1.165, 1.54) is 16.3 Å². The van der Waals surface area contributed by atoms with Crippen LogP contribution >= 0.6 is 0 Å². The summed E-state index contributed by atoms with van der Waals surface area (Å²) < 4.78 is 0. The quantitative estimate of drug-likeness (QED) is 0.851. The molecule has 0 aliphatic carbocycles. The minimum atomic E-state index is 0.00977. The number of rotatable bonds is 4. The van der Waals surface area contributed by atoms with E-state index in [0.29, 0.717) is 13.0 Å². The zero-order valence-corrected chi connectivity index (χ0v) is 11.9. The molecule has 0 saturated carbocycles.